The molecule has 1 saturated heterocycles. The Bertz CT molecular complexity index is 1340. The first-order valence-corrected chi connectivity index (χ1v) is 10.6. The number of halogens is 1. The summed E-state index contributed by atoms with van der Waals surface area (Å²) in [6.45, 7) is 0.568. The van der Waals surface area contributed by atoms with Crippen molar-refractivity contribution in [2.24, 2.45) is 7.05 Å². The normalized spacial score (nSPS) is 16.2. The zero-order valence-corrected chi connectivity index (χ0v) is 17.7. The molecule has 1 aliphatic rings. The van der Waals surface area contributed by atoms with Crippen LogP contribution in [0.4, 0.5) is 4.39 Å². The van der Waals surface area contributed by atoms with Gasteiger partial charge in [0, 0.05) is 20.0 Å². The summed E-state index contributed by atoms with van der Waals surface area (Å²) in [6, 6.07) is 13.4. The predicted molar refractivity (Wildman–Crippen MR) is 117 cm³/mol. The number of aryl methyl sites for hydroxylation is 1. The molecule has 0 spiro atoms. The van der Waals surface area contributed by atoms with Crippen LogP contribution in [-0.2, 0) is 24.8 Å². The van der Waals surface area contributed by atoms with E-state index in [1.165, 1.54) is 16.7 Å². The van der Waals surface area contributed by atoms with E-state index in [2.05, 4.69) is 4.98 Å². The Morgan fingerprint density at radius 2 is 1.91 bits per heavy atom. The Morgan fingerprint density at radius 1 is 1.16 bits per heavy atom. The lowest BCUT2D eigenvalue weighted by Crippen LogP contribution is -2.36. The van der Waals surface area contributed by atoms with Gasteiger partial charge in [0.1, 0.15) is 24.2 Å². The fourth-order valence-electron chi connectivity index (χ4n) is 4.43. The second-order valence-corrected chi connectivity index (χ2v) is 8.13. The van der Waals surface area contributed by atoms with Crippen LogP contribution in [0.2, 0.25) is 0 Å². The molecule has 8 heteroatoms. The Balaban J connectivity index is 1.35. The highest BCUT2D eigenvalue weighted by atomic mass is 19.1. The molecule has 1 amide bonds. The molecule has 164 valence electrons. The second-order valence-electron chi connectivity index (χ2n) is 8.13. The zero-order valence-electron chi connectivity index (χ0n) is 17.7. The molecule has 1 atom stereocenters. The average molecular weight is 434 g/mol. The number of aromatic nitrogens is 3. The summed E-state index contributed by atoms with van der Waals surface area (Å²) in [5.41, 5.74) is 2.24. The topological polar surface area (TPSA) is 73.3 Å². The molecule has 0 bridgehead atoms. The van der Waals surface area contributed by atoms with Gasteiger partial charge in [-0.05, 0) is 42.7 Å². The van der Waals surface area contributed by atoms with Gasteiger partial charge in [0.05, 0.1) is 17.2 Å². The fraction of sp³-hybridized carbons (Fsp3) is 0.292. The first-order valence-electron chi connectivity index (χ1n) is 10.6. The molecule has 0 saturated carbocycles. The lowest BCUT2D eigenvalue weighted by atomic mass is 10.1. The molecule has 32 heavy (non-hydrogen) atoms. The zero-order chi connectivity index (χ0) is 22.2. The van der Waals surface area contributed by atoms with Gasteiger partial charge >= 0.3 is 5.69 Å². The third kappa shape index (κ3) is 3.62. The number of fused-ring (bicyclic) bond motifs is 1. The maximum atomic E-state index is 13.2. The second kappa shape index (κ2) is 8.11. The molecule has 5 rings (SSSR count). The summed E-state index contributed by atoms with van der Waals surface area (Å²) in [6.07, 6.45) is 3.76. The summed E-state index contributed by atoms with van der Waals surface area (Å²) < 4.78 is 22.2. The molecule has 3 heterocycles. The molecule has 1 aliphatic heterocycles. The van der Waals surface area contributed by atoms with Crippen molar-refractivity contribution in [1.29, 1.82) is 0 Å². The van der Waals surface area contributed by atoms with E-state index in [-0.39, 0.29) is 30.0 Å². The number of nitrogens with zero attached hydrogens (tertiary/aromatic N) is 4. The van der Waals surface area contributed by atoms with Crippen LogP contribution in [0.3, 0.4) is 0 Å². The molecular weight excluding hydrogens is 411 g/mol. The number of carbonyl (C=O) groups excluding carboxylic acids is 1. The minimum atomic E-state index is -0.280. The van der Waals surface area contributed by atoms with Gasteiger partial charge in [-0.15, -0.1) is 0 Å². The Hall–Kier alpha value is -3.68. The Morgan fingerprint density at radius 3 is 2.69 bits per heavy atom. The third-order valence-electron chi connectivity index (χ3n) is 6.07. The van der Waals surface area contributed by atoms with Crippen molar-refractivity contribution < 1.29 is 13.6 Å². The third-order valence-corrected chi connectivity index (χ3v) is 6.07. The van der Waals surface area contributed by atoms with Crippen LogP contribution in [0.25, 0.3) is 11.0 Å². The van der Waals surface area contributed by atoms with E-state index >= 15 is 0 Å². The number of amides is 1. The fourth-order valence-corrected chi connectivity index (χ4v) is 4.43. The van der Waals surface area contributed by atoms with Gasteiger partial charge in [0.25, 0.3) is 0 Å². The van der Waals surface area contributed by atoms with Crippen LogP contribution in [0.5, 0.6) is 0 Å². The lowest BCUT2D eigenvalue weighted by molar-refractivity contribution is -0.133. The lowest BCUT2D eigenvalue weighted by Gasteiger charge is -2.22. The minimum absolute atomic E-state index is 0.0279. The number of likely N-dealkylation sites (tertiary alicyclic amines) is 1. The number of imidazole rings is 1. The maximum Gasteiger partial charge on any atom is 0.329 e. The van der Waals surface area contributed by atoms with E-state index in [0.717, 1.165) is 29.4 Å². The standard InChI is InChI=1S/C24H23FN4O3/c1-27-19-5-2-3-6-20(19)29(24(27)31)15-22(30)28-12-4-7-21(28)23-26-14-18(32-23)13-16-8-10-17(25)11-9-16/h2-3,5-6,8-11,14,21H,4,7,12-13,15H2,1H3/t21-/m0/s1. The van der Waals surface area contributed by atoms with Gasteiger partial charge in [-0.25, -0.2) is 14.2 Å². The van der Waals surface area contributed by atoms with Gasteiger partial charge < -0.3 is 9.32 Å². The van der Waals surface area contributed by atoms with Gasteiger partial charge in [0.15, 0.2) is 0 Å². The monoisotopic (exact) mass is 434 g/mol. The summed E-state index contributed by atoms with van der Waals surface area (Å²) >= 11 is 0. The summed E-state index contributed by atoms with van der Waals surface area (Å²) in [5.74, 6) is 0.746. The van der Waals surface area contributed by atoms with Crippen LogP contribution in [-0.4, -0.2) is 31.5 Å². The van der Waals surface area contributed by atoms with Crippen molar-refractivity contribution in [3.05, 3.63) is 88.2 Å². The number of oxazole rings is 1. The first-order chi connectivity index (χ1) is 15.5. The van der Waals surface area contributed by atoms with Crippen molar-refractivity contribution in [1.82, 2.24) is 19.0 Å². The van der Waals surface area contributed by atoms with Gasteiger partial charge in [-0.1, -0.05) is 24.3 Å². The SMILES string of the molecule is Cn1c(=O)n(CC(=O)N2CCC[C@H]2c2ncc(Cc3ccc(F)cc3)o2)c2ccccc21. The first kappa shape index (κ1) is 20.2. The van der Waals surface area contributed by atoms with E-state index in [9.17, 15) is 14.0 Å². The van der Waals surface area contributed by atoms with Crippen LogP contribution in [0.15, 0.2) is 63.9 Å². The average Bonchev–Trinajstić information content (AvgIpc) is 3.51. The maximum absolute atomic E-state index is 13.2. The summed E-state index contributed by atoms with van der Waals surface area (Å²) in [7, 11) is 1.71. The minimum Gasteiger partial charge on any atom is -0.443 e. The molecule has 0 unspecified atom stereocenters. The van der Waals surface area contributed by atoms with E-state index in [4.69, 9.17) is 4.42 Å². The molecule has 7 nitrogen and oxygen atoms in total. The van der Waals surface area contributed by atoms with Crippen LogP contribution >= 0.6 is 0 Å². The largest absolute Gasteiger partial charge is 0.443 e. The van der Waals surface area contributed by atoms with Gasteiger partial charge in [-0.2, -0.15) is 0 Å². The molecular formula is C24H23FN4O3. The van der Waals surface area contributed by atoms with Crippen molar-refractivity contribution in [3.63, 3.8) is 0 Å². The summed E-state index contributed by atoms with van der Waals surface area (Å²) in [4.78, 5) is 32.0. The van der Waals surface area contributed by atoms with Crippen molar-refractivity contribution in [2.45, 2.75) is 31.8 Å². The van der Waals surface area contributed by atoms with Crippen molar-refractivity contribution >= 4 is 16.9 Å². The molecule has 2 aromatic carbocycles. The predicted octanol–water partition coefficient (Wildman–Crippen LogP) is 3.42. The number of carbonyl (C=O) groups is 1. The van der Waals surface area contributed by atoms with E-state index in [0.29, 0.717) is 24.6 Å². The molecule has 1 fully saturated rings. The highest BCUT2D eigenvalue weighted by molar-refractivity contribution is 5.81. The molecule has 0 aliphatic carbocycles. The molecule has 2 aromatic heterocycles. The number of para-hydroxylation sites is 2. The van der Waals surface area contributed by atoms with E-state index < -0.39 is 0 Å². The molecule has 0 N–H and O–H groups in total. The highest BCUT2D eigenvalue weighted by Gasteiger charge is 2.33. The number of hydrogen-bond donors (Lipinski definition) is 0. The Labute approximate surface area is 183 Å². The van der Waals surface area contributed by atoms with Crippen LogP contribution in [0, 0.1) is 5.82 Å². The smallest absolute Gasteiger partial charge is 0.329 e. The number of rotatable bonds is 5. The molecule has 4 aromatic rings. The number of hydrogen-bond acceptors (Lipinski definition) is 4. The highest BCUT2D eigenvalue weighted by Crippen LogP contribution is 2.32. The molecule has 0 radical (unpaired) electrons. The van der Waals surface area contributed by atoms with Crippen LogP contribution in [0.1, 0.15) is 36.1 Å². The Kier molecular flexibility index (Phi) is 5.13. The van der Waals surface area contributed by atoms with Gasteiger partial charge in [0.2, 0.25) is 11.8 Å². The van der Waals surface area contributed by atoms with Crippen molar-refractivity contribution in [3.8, 4) is 0 Å². The van der Waals surface area contributed by atoms with Gasteiger partial charge in [-0.3, -0.25) is 13.9 Å². The van der Waals surface area contributed by atoms with E-state index in [1.54, 1.807) is 34.8 Å². The number of benzene rings is 2. The van der Waals surface area contributed by atoms with E-state index in [1.807, 2.05) is 24.3 Å². The quantitative estimate of drug-likeness (QED) is 0.483. The van der Waals surface area contributed by atoms with Crippen molar-refractivity contribution in [2.75, 3.05) is 6.54 Å². The van der Waals surface area contributed by atoms with Crippen LogP contribution < -0.4 is 5.69 Å². The summed E-state index contributed by atoms with van der Waals surface area (Å²) in [5, 5.41) is 0.